The average molecular weight is 339 g/mol. The van der Waals surface area contributed by atoms with Crippen LogP contribution in [0.2, 0.25) is 5.02 Å². The molecule has 0 saturated carbocycles. The van der Waals surface area contributed by atoms with Crippen LogP contribution in [0.5, 0.6) is 0 Å². The summed E-state index contributed by atoms with van der Waals surface area (Å²) in [6, 6.07) is 10.8. The first-order valence-electron chi connectivity index (χ1n) is 6.44. The van der Waals surface area contributed by atoms with Gasteiger partial charge in [-0.05, 0) is 37.3 Å². The Hall–Kier alpha value is -2.05. The van der Waals surface area contributed by atoms with Gasteiger partial charge in [-0.15, -0.1) is 0 Å². The lowest BCUT2D eigenvalue weighted by Crippen LogP contribution is -2.18. The van der Waals surface area contributed by atoms with Gasteiger partial charge in [0.05, 0.1) is 21.2 Å². The van der Waals surface area contributed by atoms with E-state index in [1.165, 1.54) is 37.4 Å². The molecule has 0 unspecified atom stereocenters. The zero-order valence-electron chi connectivity index (χ0n) is 12.1. The van der Waals surface area contributed by atoms with E-state index in [9.17, 15) is 13.2 Å². The Labute approximate surface area is 134 Å². The summed E-state index contributed by atoms with van der Waals surface area (Å²) in [5, 5.41) is 2.63. The van der Waals surface area contributed by atoms with Crippen molar-refractivity contribution in [2.24, 2.45) is 0 Å². The molecule has 0 radical (unpaired) electrons. The number of carbonyl (C=O) groups excluding carboxylic acids is 1. The molecule has 0 fully saturated rings. The second-order valence-corrected chi connectivity index (χ2v) is 6.78. The number of amides is 1. The smallest absolute Gasteiger partial charge is 0.261 e. The molecule has 7 heteroatoms. The third-order valence-corrected chi connectivity index (χ3v) is 4.73. The number of sulfonamides is 1. The fraction of sp³-hybridized carbons (Fsp3) is 0.133. The van der Waals surface area contributed by atoms with Crippen LogP contribution in [-0.4, -0.2) is 21.4 Å². The summed E-state index contributed by atoms with van der Waals surface area (Å²) in [6.45, 7) is 1.88. The molecule has 2 N–H and O–H groups in total. The predicted octanol–water partition coefficient (Wildman–Crippen LogP) is 2.81. The third-order valence-electron chi connectivity index (χ3n) is 3.02. The summed E-state index contributed by atoms with van der Waals surface area (Å²) in [5.74, 6) is -0.335. The third kappa shape index (κ3) is 3.58. The van der Waals surface area contributed by atoms with Gasteiger partial charge in [0.2, 0.25) is 0 Å². The number of hydrogen-bond acceptors (Lipinski definition) is 3. The van der Waals surface area contributed by atoms with E-state index in [1.807, 2.05) is 6.92 Å². The number of anilines is 1. The van der Waals surface area contributed by atoms with Crippen LogP contribution in [0.4, 0.5) is 5.69 Å². The molecule has 0 aliphatic carbocycles. The Kier molecular flexibility index (Phi) is 4.73. The van der Waals surface area contributed by atoms with E-state index in [2.05, 4.69) is 10.0 Å². The Bertz CT molecular complexity index is 802. The largest absolute Gasteiger partial charge is 0.355 e. The van der Waals surface area contributed by atoms with Crippen molar-refractivity contribution in [2.75, 3.05) is 11.8 Å². The zero-order chi connectivity index (χ0) is 16.3. The van der Waals surface area contributed by atoms with Crippen molar-refractivity contribution in [1.29, 1.82) is 0 Å². The summed E-state index contributed by atoms with van der Waals surface area (Å²) in [6.07, 6.45) is 0. The number of rotatable bonds is 4. The molecule has 5 nitrogen and oxygen atoms in total. The Morgan fingerprint density at radius 3 is 2.27 bits per heavy atom. The van der Waals surface area contributed by atoms with Crippen molar-refractivity contribution in [3.8, 4) is 0 Å². The maximum atomic E-state index is 12.3. The summed E-state index contributed by atoms with van der Waals surface area (Å²) >= 11 is 6.00. The number of benzene rings is 2. The Morgan fingerprint density at radius 1 is 1.09 bits per heavy atom. The number of hydrogen-bond donors (Lipinski definition) is 2. The first kappa shape index (κ1) is 16.3. The number of nitrogens with one attached hydrogen (secondary N) is 2. The maximum Gasteiger partial charge on any atom is 0.261 e. The highest BCUT2D eigenvalue weighted by Gasteiger charge is 2.15. The lowest BCUT2D eigenvalue weighted by atomic mass is 10.2. The minimum absolute atomic E-state index is 0.157. The highest BCUT2D eigenvalue weighted by molar-refractivity contribution is 7.92. The molecule has 2 rings (SSSR count). The van der Waals surface area contributed by atoms with Crippen molar-refractivity contribution in [2.45, 2.75) is 11.8 Å². The zero-order valence-corrected chi connectivity index (χ0v) is 13.6. The average Bonchev–Trinajstić information content (AvgIpc) is 2.46. The molecule has 0 aliphatic rings. The minimum atomic E-state index is -3.69. The molecule has 22 heavy (non-hydrogen) atoms. The molecule has 0 aromatic heterocycles. The summed E-state index contributed by atoms with van der Waals surface area (Å²) < 4.78 is 27.0. The second kappa shape index (κ2) is 6.37. The lowest BCUT2D eigenvalue weighted by Gasteiger charge is -2.10. The number of carbonyl (C=O) groups is 1. The van der Waals surface area contributed by atoms with Crippen molar-refractivity contribution >= 4 is 33.2 Å². The molecule has 0 aliphatic heterocycles. The van der Waals surface area contributed by atoms with E-state index in [4.69, 9.17) is 11.6 Å². The van der Waals surface area contributed by atoms with Gasteiger partial charge in [-0.2, -0.15) is 0 Å². The van der Waals surface area contributed by atoms with E-state index < -0.39 is 10.0 Å². The Morgan fingerprint density at radius 2 is 1.73 bits per heavy atom. The molecule has 1 amide bonds. The molecule has 2 aromatic rings. The molecule has 0 saturated heterocycles. The first-order chi connectivity index (χ1) is 10.3. The fourth-order valence-electron chi connectivity index (χ4n) is 1.83. The molecule has 116 valence electrons. The van der Waals surface area contributed by atoms with Crippen LogP contribution < -0.4 is 10.0 Å². The van der Waals surface area contributed by atoms with Crippen LogP contribution in [-0.2, 0) is 10.0 Å². The van der Waals surface area contributed by atoms with Gasteiger partial charge in [0.1, 0.15) is 0 Å². The topological polar surface area (TPSA) is 75.3 Å². The van der Waals surface area contributed by atoms with E-state index in [0.29, 0.717) is 5.69 Å². The van der Waals surface area contributed by atoms with Crippen LogP contribution in [0.1, 0.15) is 15.9 Å². The van der Waals surface area contributed by atoms with Gasteiger partial charge in [0, 0.05) is 7.05 Å². The van der Waals surface area contributed by atoms with Crippen LogP contribution in [0.25, 0.3) is 0 Å². The van der Waals surface area contributed by atoms with E-state index in [1.54, 1.807) is 12.1 Å². The van der Waals surface area contributed by atoms with Crippen LogP contribution >= 0.6 is 11.6 Å². The number of aryl methyl sites for hydroxylation is 1. The summed E-state index contributed by atoms with van der Waals surface area (Å²) in [7, 11) is -2.20. The Balaban J connectivity index is 2.28. The van der Waals surface area contributed by atoms with Gasteiger partial charge in [-0.1, -0.05) is 29.3 Å². The SMILES string of the molecule is CNC(=O)c1ccc(NS(=O)(=O)c2ccc(C)cc2)cc1Cl. The monoisotopic (exact) mass is 338 g/mol. The quantitative estimate of drug-likeness (QED) is 0.900. The lowest BCUT2D eigenvalue weighted by molar-refractivity contribution is 0.0963. The van der Waals surface area contributed by atoms with Gasteiger partial charge in [-0.25, -0.2) is 8.42 Å². The maximum absolute atomic E-state index is 12.3. The molecule has 2 aromatic carbocycles. The van der Waals surface area contributed by atoms with Crippen LogP contribution in [0.3, 0.4) is 0 Å². The normalized spacial score (nSPS) is 11.0. The van der Waals surface area contributed by atoms with Crippen molar-refractivity contribution < 1.29 is 13.2 Å². The van der Waals surface area contributed by atoms with E-state index in [0.717, 1.165) is 5.56 Å². The van der Waals surface area contributed by atoms with Crippen molar-refractivity contribution in [3.63, 3.8) is 0 Å². The second-order valence-electron chi connectivity index (χ2n) is 4.69. The molecule has 0 atom stereocenters. The van der Waals surface area contributed by atoms with E-state index >= 15 is 0 Å². The fourth-order valence-corrected chi connectivity index (χ4v) is 3.14. The highest BCUT2D eigenvalue weighted by Crippen LogP contribution is 2.23. The van der Waals surface area contributed by atoms with Gasteiger partial charge >= 0.3 is 0 Å². The minimum Gasteiger partial charge on any atom is -0.355 e. The summed E-state index contributed by atoms with van der Waals surface area (Å²) in [5.41, 5.74) is 1.54. The van der Waals surface area contributed by atoms with Gasteiger partial charge in [-0.3, -0.25) is 9.52 Å². The van der Waals surface area contributed by atoms with E-state index in [-0.39, 0.29) is 21.4 Å². The standard InChI is InChI=1S/C15H15ClN2O3S/c1-10-3-6-12(7-4-10)22(20,21)18-11-5-8-13(14(16)9-11)15(19)17-2/h3-9,18H,1-2H3,(H,17,19). The molecule has 0 spiro atoms. The van der Waals surface area contributed by atoms with Crippen molar-refractivity contribution in [1.82, 2.24) is 5.32 Å². The molecular formula is C15H15ClN2O3S. The van der Waals surface area contributed by atoms with Crippen LogP contribution in [0.15, 0.2) is 47.4 Å². The van der Waals surface area contributed by atoms with Gasteiger partial charge < -0.3 is 5.32 Å². The number of halogens is 1. The molecule has 0 heterocycles. The van der Waals surface area contributed by atoms with Crippen LogP contribution in [0, 0.1) is 6.92 Å². The van der Waals surface area contributed by atoms with Crippen molar-refractivity contribution in [3.05, 3.63) is 58.6 Å². The highest BCUT2D eigenvalue weighted by atomic mass is 35.5. The predicted molar refractivity (Wildman–Crippen MR) is 86.8 cm³/mol. The summed E-state index contributed by atoms with van der Waals surface area (Å²) in [4.78, 5) is 11.7. The molecular weight excluding hydrogens is 324 g/mol. The van der Waals surface area contributed by atoms with Gasteiger partial charge in [0.25, 0.3) is 15.9 Å². The van der Waals surface area contributed by atoms with Gasteiger partial charge in [0.15, 0.2) is 0 Å². The molecule has 0 bridgehead atoms. The first-order valence-corrected chi connectivity index (χ1v) is 8.31.